The Bertz CT molecular complexity index is 175. The fourth-order valence-electron chi connectivity index (χ4n) is 1.95. The van der Waals surface area contributed by atoms with Gasteiger partial charge in [-0.25, -0.2) is 0 Å². The average Bonchev–Trinajstić information content (AvgIpc) is 2.07. The molecule has 84 valence electrons. The Hall–Kier alpha value is -0.0800. The molecule has 0 unspecified atom stereocenters. The van der Waals surface area contributed by atoms with Crippen molar-refractivity contribution in [1.29, 1.82) is 0 Å². The number of nitrogens with one attached hydrogen (secondary N) is 1. The van der Waals surface area contributed by atoms with Crippen molar-refractivity contribution >= 4 is 0 Å². The molecule has 0 aromatic heterocycles. The minimum atomic E-state index is -0.0438. The Morgan fingerprint density at radius 3 is 2.21 bits per heavy atom. The van der Waals surface area contributed by atoms with Gasteiger partial charge in [-0.05, 0) is 51.9 Å². The van der Waals surface area contributed by atoms with Crippen LogP contribution in [0.2, 0.25) is 0 Å². The summed E-state index contributed by atoms with van der Waals surface area (Å²) in [6.45, 7) is 10.0. The van der Waals surface area contributed by atoms with Gasteiger partial charge in [-0.1, -0.05) is 6.92 Å². The van der Waals surface area contributed by atoms with Crippen molar-refractivity contribution < 1.29 is 5.11 Å². The molecule has 2 N–H and O–H groups in total. The van der Waals surface area contributed by atoms with E-state index in [9.17, 15) is 5.11 Å². The van der Waals surface area contributed by atoms with Crippen LogP contribution in [0.3, 0.4) is 0 Å². The first-order valence-corrected chi connectivity index (χ1v) is 5.74. The molecule has 0 spiro atoms. The summed E-state index contributed by atoms with van der Waals surface area (Å²) in [5.74, 6) is 0. The van der Waals surface area contributed by atoms with Crippen LogP contribution in [0.15, 0.2) is 0 Å². The van der Waals surface area contributed by atoms with E-state index in [0.29, 0.717) is 5.41 Å². The summed E-state index contributed by atoms with van der Waals surface area (Å²) in [5.41, 5.74) is 0.603. The first-order chi connectivity index (χ1) is 6.31. The van der Waals surface area contributed by atoms with Crippen molar-refractivity contribution in [2.75, 3.05) is 6.54 Å². The Kier molecular flexibility index (Phi) is 3.59. The molecule has 0 aromatic carbocycles. The topological polar surface area (TPSA) is 32.3 Å². The molecule has 0 heterocycles. The molecule has 0 radical (unpaired) electrons. The van der Waals surface area contributed by atoms with E-state index in [2.05, 4.69) is 33.0 Å². The molecule has 0 saturated heterocycles. The normalized spacial score (nSPS) is 34.5. The average molecular weight is 199 g/mol. The van der Waals surface area contributed by atoms with Gasteiger partial charge in [0, 0.05) is 12.1 Å². The molecular formula is C12H25NO. The highest BCUT2D eigenvalue weighted by Gasteiger charge is 2.30. The summed E-state index contributed by atoms with van der Waals surface area (Å²) in [7, 11) is 0. The van der Waals surface area contributed by atoms with Gasteiger partial charge in [0.25, 0.3) is 0 Å². The van der Waals surface area contributed by atoms with Crippen molar-refractivity contribution in [3.63, 3.8) is 0 Å². The maximum Gasteiger partial charge on any atom is 0.0540 e. The van der Waals surface area contributed by atoms with Crippen LogP contribution in [0.25, 0.3) is 0 Å². The summed E-state index contributed by atoms with van der Waals surface area (Å²) >= 11 is 0. The fraction of sp³-hybridized carbons (Fsp3) is 1.00. The van der Waals surface area contributed by atoms with Crippen LogP contribution in [0.4, 0.5) is 0 Å². The standard InChI is InChI=1S/C12H25NO/c1-11(2,3)13-9-12(4)7-5-10(14)6-8-12/h10,13-14H,5-9H2,1-4H3. The molecule has 0 aliphatic heterocycles. The molecule has 2 nitrogen and oxygen atoms in total. The van der Waals surface area contributed by atoms with Gasteiger partial charge < -0.3 is 10.4 Å². The number of aliphatic hydroxyl groups is 1. The molecule has 2 heteroatoms. The van der Waals surface area contributed by atoms with E-state index in [4.69, 9.17) is 0 Å². The first-order valence-electron chi connectivity index (χ1n) is 5.74. The third kappa shape index (κ3) is 3.97. The van der Waals surface area contributed by atoms with Crippen LogP contribution in [0, 0.1) is 5.41 Å². The van der Waals surface area contributed by atoms with E-state index >= 15 is 0 Å². The molecule has 1 aliphatic carbocycles. The zero-order valence-electron chi connectivity index (χ0n) is 10.1. The van der Waals surface area contributed by atoms with Crippen molar-refractivity contribution in [3.8, 4) is 0 Å². The largest absolute Gasteiger partial charge is 0.393 e. The molecule has 0 atom stereocenters. The Morgan fingerprint density at radius 1 is 1.29 bits per heavy atom. The highest BCUT2D eigenvalue weighted by atomic mass is 16.3. The zero-order valence-corrected chi connectivity index (χ0v) is 10.1. The summed E-state index contributed by atoms with van der Waals surface area (Å²) < 4.78 is 0. The lowest BCUT2D eigenvalue weighted by molar-refractivity contribution is 0.0680. The van der Waals surface area contributed by atoms with Gasteiger partial charge >= 0.3 is 0 Å². The zero-order chi connectivity index (χ0) is 10.8. The number of rotatable bonds is 2. The second-order valence-electron chi connectivity index (χ2n) is 6.15. The fourth-order valence-corrected chi connectivity index (χ4v) is 1.95. The SMILES string of the molecule is CC1(CNC(C)(C)C)CCC(O)CC1. The number of hydrogen-bond acceptors (Lipinski definition) is 2. The van der Waals surface area contributed by atoms with Gasteiger partial charge in [-0.3, -0.25) is 0 Å². The van der Waals surface area contributed by atoms with Crippen LogP contribution in [-0.4, -0.2) is 23.3 Å². The molecule has 0 bridgehead atoms. The molecular weight excluding hydrogens is 174 g/mol. The van der Waals surface area contributed by atoms with Crippen molar-refractivity contribution in [1.82, 2.24) is 5.32 Å². The molecule has 1 rings (SSSR count). The van der Waals surface area contributed by atoms with E-state index < -0.39 is 0 Å². The summed E-state index contributed by atoms with van der Waals surface area (Å²) in [6.07, 6.45) is 4.21. The van der Waals surface area contributed by atoms with E-state index in [1.54, 1.807) is 0 Å². The van der Waals surface area contributed by atoms with Crippen LogP contribution in [0.5, 0.6) is 0 Å². The van der Waals surface area contributed by atoms with Crippen molar-refractivity contribution in [2.45, 2.75) is 65.0 Å². The predicted molar refractivity (Wildman–Crippen MR) is 60.3 cm³/mol. The third-order valence-electron chi connectivity index (χ3n) is 3.21. The van der Waals surface area contributed by atoms with Gasteiger partial charge in [0.05, 0.1) is 6.10 Å². The summed E-state index contributed by atoms with van der Waals surface area (Å²) in [5, 5.41) is 13.0. The molecule has 0 aromatic rings. The Balaban J connectivity index is 2.36. The highest BCUT2D eigenvalue weighted by Crippen LogP contribution is 2.35. The molecule has 0 amide bonds. The third-order valence-corrected chi connectivity index (χ3v) is 3.21. The number of aliphatic hydroxyl groups excluding tert-OH is 1. The van der Waals surface area contributed by atoms with Crippen LogP contribution < -0.4 is 5.32 Å². The van der Waals surface area contributed by atoms with Gasteiger partial charge in [-0.2, -0.15) is 0 Å². The Morgan fingerprint density at radius 2 is 1.79 bits per heavy atom. The quantitative estimate of drug-likeness (QED) is 0.715. The maximum absolute atomic E-state index is 9.45. The van der Waals surface area contributed by atoms with Crippen LogP contribution in [0.1, 0.15) is 53.4 Å². The monoisotopic (exact) mass is 199 g/mol. The highest BCUT2D eigenvalue weighted by molar-refractivity contribution is 4.86. The summed E-state index contributed by atoms with van der Waals surface area (Å²) in [4.78, 5) is 0. The number of hydrogen-bond donors (Lipinski definition) is 2. The lowest BCUT2D eigenvalue weighted by atomic mass is 9.74. The maximum atomic E-state index is 9.45. The van der Waals surface area contributed by atoms with Crippen molar-refractivity contribution in [3.05, 3.63) is 0 Å². The van der Waals surface area contributed by atoms with E-state index in [0.717, 1.165) is 32.2 Å². The van der Waals surface area contributed by atoms with Crippen LogP contribution in [-0.2, 0) is 0 Å². The van der Waals surface area contributed by atoms with E-state index in [-0.39, 0.29) is 11.6 Å². The van der Waals surface area contributed by atoms with Crippen molar-refractivity contribution in [2.24, 2.45) is 5.41 Å². The van der Waals surface area contributed by atoms with E-state index in [1.807, 2.05) is 0 Å². The minimum absolute atomic E-state index is 0.0438. The van der Waals surface area contributed by atoms with Gasteiger partial charge in [0.2, 0.25) is 0 Å². The van der Waals surface area contributed by atoms with Crippen LogP contribution >= 0.6 is 0 Å². The molecule has 1 fully saturated rings. The second-order valence-corrected chi connectivity index (χ2v) is 6.15. The molecule has 1 saturated carbocycles. The van der Waals surface area contributed by atoms with Gasteiger partial charge in [0.15, 0.2) is 0 Å². The van der Waals surface area contributed by atoms with Gasteiger partial charge in [0.1, 0.15) is 0 Å². The molecule has 14 heavy (non-hydrogen) atoms. The Labute approximate surface area is 88.1 Å². The second kappa shape index (κ2) is 4.19. The lowest BCUT2D eigenvalue weighted by Gasteiger charge is -2.38. The summed E-state index contributed by atoms with van der Waals surface area (Å²) in [6, 6.07) is 0. The molecule has 1 aliphatic rings. The van der Waals surface area contributed by atoms with E-state index in [1.165, 1.54) is 0 Å². The smallest absolute Gasteiger partial charge is 0.0540 e. The minimum Gasteiger partial charge on any atom is -0.393 e. The first kappa shape index (κ1) is 12.0. The van der Waals surface area contributed by atoms with Gasteiger partial charge in [-0.15, -0.1) is 0 Å². The lowest BCUT2D eigenvalue weighted by Crippen LogP contribution is -2.44. The predicted octanol–water partition coefficient (Wildman–Crippen LogP) is 2.32.